The summed E-state index contributed by atoms with van der Waals surface area (Å²) in [6, 6.07) is 38.1. The van der Waals surface area contributed by atoms with Crippen molar-refractivity contribution in [2.75, 3.05) is 44.7 Å². The van der Waals surface area contributed by atoms with Crippen molar-refractivity contribution in [1.29, 1.82) is 0 Å². The third-order valence-corrected chi connectivity index (χ3v) is 23.9. The van der Waals surface area contributed by atoms with Gasteiger partial charge >= 0.3 is 45.2 Å². The predicted molar refractivity (Wildman–Crippen MR) is 484 cm³/mol. The number of hydrogen-bond acceptors (Lipinski definition) is 41. The minimum absolute atomic E-state index is 0.0171. The smallest absolute Gasteiger partial charge is 0.425 e. The topological polar surface area (TPSA) is 739 Å². The van der Waals surface area contributed by atoms with Gasteiger partial charge in [-0.3, -0.25) is 61.8 Å². The number of anilines is 10. The molecule has 4 aromatic heterocycles. The molecule has 140 heavy (non-hydrogen) atoms. The number of pyridine rings is 2. The molecule has 2 aliphatic rings. The van der Waals surface area contributed by atoms with Crippen LogP contribution in [-0.4, -0.2) is 193 Å². The summed E-state index contributed by atoms with van der Waals surface area (Å²) in [5.41, 5.74) is -6.67. The number of nitrogens with one attached hydrogen (secondary N) is 5. The van der Waals surface area contributed by atoms with Crippen molar-refractivity contribution < 1.29 is 150 Å². The fourth-order valence-corrected chi connectivity index (χ4v) is 17.4. The molecular formula is C85H58N14O35S6. The lowest BCUT2D eigenvalue weighted by Gasteiger charge is -2.26. The summed E-state index contributed by atoms with van der Waals surface area (Å²) < 4.78 is 221. The van der Waals surface area contributed by atoms with Crippen LogP contribution in [-0.2, 0) is 91.1 Å². The van der Waals surface area contributed by atoms with E-state index in [1.807, 2.05) is 0 Å². The van der Waals surface area contributed by atoms with Crippen LogP contribution < -0.4 is 61.7 Å². The van der Waals surface area contributed by atoms with Gasteiger partial charge in [-0.2, -0.15) is 63.6 Å². The number of aromatic nitrogens is 8. The first-order valence-electron chi connectivity index (χ1n) is 38.9. The van der Waals surface area contributed by atoms with E-state index >= 15 is 4.79 Å². The molecule has 0 amide bonds. The number of ketones is 4. The van der Waals surface area contributed by atoms with Crippen molar-refractivity contribution in [3.8, 4) is 57.3 Å². The molecule has 0 saturated carbocycles. The maximum absolute atomic E-state index is 15.1. The van der Waals surface area contributed by atoms with Crippen LogP contribution in [0.15, 0.2) is 218 Å². The standard InChI is InChI=1S/C85H58N14O29S4.2O3S/c1-97-60-22-20-55(66-68(60)64(51-15-6-8-17-53(51)74(66)104)70(76(97)106)72(102)40-11-4-3-5-12-40)87-45-19-24-62(131(119,120)121)58(33-45)90-81-91-80(93-84(94-81)127-48-29-42(78(108)109)27-46(34-48)125-38-100)86-25-26-99(112)83-92-82(95-85(96-83)128-49-30-43(79(110)111)28-47(35-49)126-39-101)89-57-36-59(63(132(122,123)124)32-44(57)37-129(113,114)115)88-56-21-23-61-69-65(52-16-7-9-18-54(52)75(105)67(56)69)71(77(107)98(61)2)73(103)41-13-10-14-50(31-41)130(116,117)118;2*1-4(2)3/h3-24,27-36,38-39,87-88,112H,25-26,37H2,1-2H3,(H,108,109)(H,110,111)(H,113,114,115)(H,116,117,118)(H,119,120,121)(H,122,123,124)(H,89,92,95,96)(H2,86,90,91,93,94);;. The number of benzene rings is 10. The normalized spacial score (nSPS) is 11.8. The maximum atomic E-state index is 15.1. The molecule has 12 N–H and O–H groups in total. The summed E-state index contributed by atoms with van der Waals surface area (Å²) in [7, 11) is -24.6. The maximum Gasteiger partial charge on any atom is 0.425 e. The Morgan fingerprint density at radius 2 is 0.879 bits per heavy atom. The van der Waals surface area contributed by atoms with Crippen LogP contribution in [0.1, 0.15) is 90.0 Å². The highest BCUT2D eigenvalue weighted by Crippen LogP contribution is 2.48. The van der Waals surface area contributed by atoms with Gasteiger partial charge in [-0.25, -0.2) is 14.7 Å². The first kappa shape index (κ1) is 98.4. The SMILES string of the molecule is Cn1c(=O)c(C(=O)c2ccccc2)c2c3c(c(Nc4ccc(S(=O)(=O)O)c(Nc5nc(NCCN(O)c6nc(Nc7cc(Nc8ccc9c%10c8C(=O)c8ccccc8-c%10c(C(=O)c8cccc(S(=O)(=O)O)c8)c(=O)n9C)c(S(=O)(=O)O)cc7CS(=O)(=O)O)nc(Oc7cc(OC=O)cc(C(=O)O)c7)n6)nc(Oc6cc(OC=O)cc(C(=O)O)c6)n5)c4)ccc31)C(=O)c1ccccc1-2.O=S(=O)=O.O=S(=O)=O. The van der Waals surface area contributed by atoms with E-state index in [1.54, 1.807) is 36.4 Å². The highest BCUT2D eigenvalue weighted by atomic mass is 32.2. The largest absolute Gasteiger partial charge is 0.478 e. The Bertz CT molecular complexity index is 8580. The van der Waals surface area contributed by atoms with E-state index in [0.717, 1.165) is 83.4 Å². The Hall–Kier alpha value is -17.6. The van der Waals surface area contributed by atoms with Gasteiger partial charge in [0, 0.05) is 88.3 Å². The van der Waals surface area contributed by atoms with Gasteiger partial charge in [-0.1, -0.05) is 91.0 Å². The van der Waals surface area contributed by atoms with Gasteiger partial charge in [0.05, 0.1) is 78.6 Å². The molecule has 16 rings (SSSR count). The van der Waals surface area contributed by atoms with E-state index < -0.39 is 239 Å². The summed E-state index contributed by atoms with van der Waals surface area (Å²) >= 11 is 0. The van der Waals surface area contributed by atoms with Gasteiger partial charge < -0.3 is 64.9 Å². The van der Waals surface area contributed by atoms with Crippen LogP contribution in [0.25, 0.3) is 44.1 Å². The number of nitrogens with zero attached hydrogens (tertiary/aromatic N) is 9. The highest BCUT2D eigenvalue weighted by molar-refractivity contribution is 7.86. The van der Waals surface area contributed by atoms with Crippen molar-refractivity contribution in [2.45, 2.75) is 20.4 Å². The molecule has 10 aromatic carbocycles. The lowest BCUT2D eigenvalue weighted by molar-refractivity contribution is -0.121. The summed E-state index contributed by atoms with van der Waals surface area (Å²) in [6.45, 7) is -1.47. The fourth-order valence-electron chi connectivity index (χ4n) is 14.9. The molecular weight excluding hydrogens is 1970 g/mol. The molecule has 0 atom stereocenters. The number of carboxylic acids is 2. The second kappa shape index (κ2) is 39.4. The monoisotopic (exact) mass is 2030 g/mol. The number of carbonyl (C=O) groups is 8. The molecule has 55 heteroatoms. The van der Waals surface area contributed by atoms with E-state index in [0.29, 0.717) is 6.07 Å². The van der Waals surface area contributed by atoms with E-state index in [4.69, 9.17) is 44.2 Å². The van der Waals surface area contributed by atoms with Gasteiger partial charge in [-0.05, 0) is 108 Å². The van der Waals surface area contributed by atoms with Crippen molar-refractivity contribution in [2.24, 2.45) is 14.1 Å². The first-order valence-corrected chi connectivity index (χ1v) is 46.9. The van der Waals surface area contributed by atoms with Crippen LogP contribution in [0.4, 0.5) is 57.9 Å². The zero-order chi connectivity index (χ0) is 101. The lowest BCUT2D eigenvalue weighted by Crippen LogP contribution is -2.29. The Labute approximate surface area is 786 Å². The number of hydrogen-bond donors (Lipinski definition) is 12. The van der Waals surface area contributed by atoms with Crippen LogP contribution in [0, 0.1) is 0 Å². The van der Waals surface area contributed by atoms with Crippen LogP contribution in [0.2, 0.25) is 0 Å². The fraction of sp³-hybridized carbons (Fsp3) is 0.0588. The number of hydroxylamine groups is 1. The molecule has 49 nitrogen and oxygen atoms in total. The van der Waals surface area contributed by atoms with Crippen LogP contribution >= 0.6 is 0 Å². The summed E-state index contributed by atoms with van der Waals surface area (Å²) in [5.74, 6) is -12.5. The Balaban J connectivity index is 0.00000188. The summed E-state index contributed by atoms with van der Waals surface area (Å²) in [5, 5.41) is 46.5. The zero-order valence-electron chi connectivity index (χ0n) is 70.3. The van der Waals surface area contributed by atoms with Crippen molar-refractivity contribution in [3.63, 3.8) is 0 Å². The predicted octanol–water partition coefficient (Wildman–Crippen LogP) is 8.10. The second-order valence-electron chi connectivity index (χ2n) is 29.3. The zero-order valence-corrected chi connectivity index (χ0v) is 75.2. The Morgan fingerprint density at radius 1 is 0.429 bits per heavy atom. The lowest BCUT2D eigenvalue weighted by atomic mass is 9.80. The van der Waals surface area contributed by atoms with Crippen molar-refractivity contribution in [1.82, 2.24) is 39.0 Å². The Kier molecular flexibility index (Phi) is 27.7. The molecule has 0 saturated heterocycles. The quantitative estimate of drug-likeness (QED) is 0.00819. The van der Waals surface area contributed by atoms with Crippen LogP contribution in [0.5, 0.6) is 35.0 Å². The molecule has 0 radical (unpaired) electrons. The van der Waals surface area contributed by atoms with Gasteiger partial charge in [0.15, 0.2) is 23.1 Å². The number of ether oxygens (including phenoxy) is 4. The van der Waals surface area contributed by atoms with Crippen molar-refractivity contribution >= 4 is 189 Å². The third-order valence-electron chi connectivity index (χ3n) is 20.6. The molecule has 14 aromatic rings. The highest BCUT2D eigenvalue weighted by Gasteiger charge is 2.38. The number of carboxylic acid groups (broad SMARTS) is 2. The van der Waals surface area contributed by atoms with Crippen LogP contribution in [0.3, 0.4) is 0 Å². The van der Waals surface area contributed by atoms with Gasteiger partial charge in [-0.15, -0.1) is 25.3 Å². The van der Waals surface area contributed by atoms with E-state index in [2.05, 4.69) is 56.5 Å². The minimum Gasteiger partial charge on any atom is -0.478 e. The van der Waals surface area contributed by atoms with Gasteiger partial charge in [0.1, 0.15) is 38.5 Å². The third kappa shape index (κ3) is 21.2. The molecule has 2 aliphatic carbocycles. The number of fused-ring (bicyclic) bond motifs is 4. The van der Waals surface area contributed by atoms with E-state index in [9.17, 15) is 110 Å². The number of aromatic carboxylic acids is 2. The summed E-state index contributed by atoms with van der Waals surface area (Å²) in [4.78, 5) is 159. The average Bonchev–Trinajstić information content (AvgIpc) is 0.708. The molecule has 0 unspecified atom stereocenters. The molecule has 0 fully saturated rings. The van der Waals surface area contributed by atoms with Gasteiger partial charge in [0.2, 0.25) is 17.8 Å². The van der Waals surface area contributed by atoms with Crippen molar-refractivity contribution in [3.05, 3.63) is 276 Å². The number of carbonyl (C=O) groups excluding carboxylic acids is 6. The number of aryl methyl sites for hydroxylation is 2. The van der Waals surface area contributed by atoms with E-state index in [-0.39, 0.29) is 118 Å². The second-order valence-corrected chi connectivity index (χ2v) is 35.7. The molecule has 4 heterocycles. The summed E-state index contributed by atoms with van der Waals surface area (Å²) in [6.07, 6.45) is 0. The first-order chi connectivity index (χ1) is 66.2. The Morgan fingerprint density at radius 3 is 1.37 bits per heavy atom. The average molecular weight is 2030 g/mol. The van der Waals surface area contributed by atoms with Gasteiger partial charge in [0.25, 0.3) is 70.5 Å². The minimum atomic E-state index is -5.60. The molecule has 714 valence electrons. The van der Waals surface area contributed by atoms with E-state index in [1.165, 1.54) is 91.5 Å². The number of rotatable bonds is 32. The molecule has 0 bridgehead atoms. The molecule has 0 aliphatic heterocycles. The molecule has 0 spiro atoms.